The van der Waals surface area contributed by atoms with E-state index >= 15 is 0 Å². The molecule has 1 atom stereocenters. The number of hydrogen-bond acceptors (Lipinski definition) is 8. The summed E-state index contributed by atoms with van der Waals surface area (Å²) in [4.78, 5) is 29.7. The van der Waals surface area contributed by atoms with Gasteiger partial charge in [-0.1, -0.05) is 0 Å². The van der Waals surface area contributed by atoms with Crippen LogP contribution in [-0.4, -0.2) is 51.5 Å². The number of hydrogen-bond donors (Lipinski definition) is 2. The number of carbonyl (C=O) groups excluding carboxylic acids is 1. The van der Waals surface area contributed by atoms with E-state index in [2.05, 4.69) is 30.6 Å². The fraction of sp³-hybridized carbons (Fsp3) is 0.500. The van der Waals surface area contributed by atoms with Gasteiger partial charge < -0.3 is 15.4 Å². The lowest BCUT2D eigenvalue weighted by molar-refractivity contribution is 0.00995. The number of anilines is 1. The van der Waals surface area contributed by atoms with E-state index in [1.165, 1.54) is 0 Å². The molecule has 0 aromatic carbocycles. The number of carbonyl (C=O) groups is 1. The van der Waals surface area contributed by atoms with Crippen LogP contribution in [0.25, 0.3) is 0 Å². The summed E-state index contributed by atoms with van der Waals surface area (Å²) in [6.07, 6.45) is 11.0. The van der Waals surface area contributed by atoms with Crippen molar-refractivity contribution in [1.82, 2.24) is 25.3 Å². The van der Waals surface area contributed by atoms with Gasteiger partial charge in [-0.15, -0.1) is 0 Å². The van der Waals surface area contributed by atoms with Crippen LogP contribution in [0.15, 0.2) is 31.0 Å². The molecule has 0 radical (unpaired) electrons. The van der Waals surface area contributed by atoms with E-state index in [0.29, 0.717) is 18.1 Å². The largest absolute Gasteiger partial charge is 0.381 e. The van der Waals surface area contributed by atoms with Gasteiger partial charge in [-0.2, -0.15) is 0 Å². The number of Topliss-reactive ketones (excluding diaryl/α,β-unsaturated/α-hetero) is 1. The van der Waals surface area contributed by atoms with Crippen LogP contribution in [0.2, 0.25) is 0 Å². The van der Waals surface area contributed by atoms with Crippen molar-refractivity contribution in [1.29, 1.82) is 0 Å². The van der Waals surface area contributed by atoms with E-state index < -0.39 is 0 Å². The number of ether oxygens (including phenoxy) is 1. The summed E-state index contributed by atoms with van der Waals surface area (Å²) in [5.74, 6) is 0.539. The molecule has 2 aliphatic rings. The maximum Gasteiger partial charge on any atom is 0.222 e. The van der Waals surface area contributed by atoms with Crippen molar-refractivity contribution >= 4 is 11.7 Å². The van der Waals surface area contributed by atoms with Gasteiger partial charge in [-0.05, 0) is 31.2 Å². The highest BCUT2D eigenvalue weighted by Crippen LogP contribution is 2.41. The van der Waals surface area contributed by atoms with Gasteiger partial charge in [0.15, 0.2) is 5.78 Å². The number of aromatic nitrogens is 4. The van der Waals surface area contributed by atoms with E-state index in [1.807, 2.05) is 0 Å². The first-order valence-electron chi connectivity index (χ1n) is 8.93. The molecule has 2 saturated heterocycles. The van der Waals surface area contributed by atoms with Crippen LogP contribution < -0.4 is 10.6 Å². The van der Waals surface area contributed by atoms with Crippen LogP contribution in [0.1, 0.15) is 35.3 Å². The maximum absolute atomic E-state index is 13.0. The second-order valence-corrected chi connectivity index (χ2v) is 6.82. The molecule has 2 aromatic heterocycles. The zero-order valence-electron chi connectivity index (χ0n) is 14.5. The molecule has 2 aliphatic heterocycles. The Morgan fingerprint density at radius 3 is 2.69 bits per heavy atom. The topological polar surface area (TPSA) is 102 Å². The Kier molecular flexibility index (Phi) is 4.85. The smallest absolute Gasteiger partial charge is 0.222 e. The normalized spacial score (nSPS) is 21.6. The van der Waals surface area contributed by atoms with Gasteiger partial charge in [-0.3, -0.25) is 14.8 Å². The van der Waals surface area contributed by atoms with Crippen molar-refractivity contribution in [2.45, 2.75) is 31.8 Å². The third kappa shape index (κ3) is 3.42. The first-order valence-corrected chi connectivity index (χ1v) is 8.93. The standard InChI is InChI=1S/C18H22N6O2/c25-15(16-18(1-4-21-16)2-7-26-8-3-18)13-9-22-17(23-10-13)24-12-14-11-19-5-6-20-14/h5-6,9-11,16,21H,1-4,7-8,12H2,(H,22,23,24). The molecule has 2 aromatic rings. The molecule has 0 aliphatic carbocycles. The molecule has 4 rings (SSSR count). The third-order valence-corrected chi connectivity index (χ3v) is 5.32. The Bertz CT molecular complexity index is 746. The molecule has 26 heavy (non-hydrogen) atoms. The first kappa shape index (κ1) is 17.0. The highest BCUT2D eigenvalue weighted by Gasteiger charge is 2.47. The molecule has 1 unspecified atom stereocenters. The summed E-state index contributed by atoms with van der Waals surface area (Å²) < 4.78 is 5.49. The second-order valence-electron chi connectivity index (χ2n) is 6.82. The van der Waals surface area contributed by atoms with Crippen LogP contribution in [0.3, 0.4) is 0 Å². The lowest BCUT2D eigenvalue weighted by atomic mass is 9.72. The van der Waals surface area contributed by atoms with Crippen LogP contribution in [0.5, 0.6) is 0 Å². The van der Waals surface area contributed by atoms with Gasteiger partial charge in [-0.25, -0.2) is 9.97 Å². The fourth-order valence-electron chi connectivity index (χ4n) is 3.82. The lowest BCUT2D eigenvalue weighted by Gasteiger charge is -2.37. The minimum Gasteiger partial charge on any atom is -0.381 e. The number of ketones is 1. The Balaban J connectivity index is 1.42. The highest BCUT2D eigenvalue weighted by molar-refractivity contribution is 6.00. The molecule has 0 saturated carbocycles. The van der Waals surface area contributed by atoms with E-state index in [9.17, 15) is 4.79 Å². The van der Waals surface area contributed by atoms with Crippen molar-refractivity contribution in [2.24, 2.45) is 5.41 Å². The summed E-state index contributed by atoms with van der Waals surface area (Å²) in [5, 5.41) is 6.47. The Morgan fingerprint density at radius 1 is 1.15 bits per heavy atom. The molecular weight excluding hydrogens is 332 g/mol. The summed E-state index contributed by atoms with van der Waals surface area (Å²) >= 11 is 0. The maximum atomic E-state index is 13.0. The quantitative estimate of drug-likeness (QED) is 0.773. The van der Waals surface area contributed by atoms with Gasteiger partial charge in [0, 0.05) is 38.0 Å². The average molecular weight is 354 g/mol. The third-order valence-electron chi connectivity index (χ3n) is 5.32. The van der Waals surface area contributed by atoms with Crippen molar-refractivity contribution in [3.8, 4) is 0 Å². The van der Waals surface area contributed by atoms with Gasteiger partial charge in [0.25, 0.3) is 0 Å². The van der Waals surface area contributed by atoms with Gasteiger partial charge in [0.05, 0.1) is 30.0 Å². The molecule has 0 amide bonds. The molecule has 8 nitrogen and oxygen atoms in total. The molecule has 2 fully saturated rings. The number of nitrogens with zero attached hydrogens (tertiary/aromatic N) is 4. The van der Waals surface area contributed by atoms with Gasteiger partial charge in [0.1, 0.15) is 0 Å². The number of rotatable bonds is 5. The van der Waals surface area contributed by atoms with Crippen molar-refractivity contribution in [3.63, 3.8) is 0 Å². The monoisotopic (exact) mass is 354 g/mol. The van der Waals surface area contributed by atoms with E-state index in [0.717, 1.165) is 44.7 Å². The van der Waals surface area contributed by atoms with Crippen LogP contribution in [0.4, 0.5) is 5.95 Å². The first-order chi connectivity index (χ1) is 12.8. The van der Waals surface area contributed by atoms with Crippen molar-refractivity contribution in [3.05, 3.63) is 42.2 Å². The molecule has 1 spiro atoms. The van der Waals surface area contributed by atoms with Crippen LogP contribution in [-0.2, 0) is 11.3 Å². The van der Waals surface area contributed by atoms with E-state index in [4.69, 9.17) is 4.74 Å². The number of nitrogens with one attached hydrogen (secondary N) is 2. The second kappa shape index (κ2) is 7.43. The molecule has 8 heteroatoms. The molecule has 2 N–H and O–H groups in total. The summed E-state index contributed by atoms with van der Waals surface area (Å²) in [7, 11) is 0. The van der Waals surface area contributed by atoms with Crippen LogP contribution >= 0.6 is 0 Å². The van der Waals surface area contributed by atoms with Crippen molar-refractivity contribution < 1.29 is 9.53 Å². The average Bonchev–Trinajstić information content (AvgIpc) is 3.10. The van der Waals surface area contributed by atoms with Gasteiger partial charge >= 0.3 is 0 Å². The van der Waals surface area contributed by atoms with Gasteiger partial charge in [0.2, 0.25) is 5.95 Å². The summed E-state index contributed by atoms with van der Waals surface area (Å²) in [5.41, 5.74) is 1.35. The van der Waals surface area contributed by atoms with Crippen molar-refractivity contribution in [2.75, 3.05) is 25.1 Å². The molecular formula is C18H22N6O2. The fourth-order valence-corrected chi connectivity index (χ4v) is 3.82. The molecule has 0 bridgehead atoms. The SMILES string of the molecule is O=C(c1cnc(NCc2cnccn2)nc1)C1NCCC12CCOCC2. The Labute approximate surface area is 151 Å². The van der Waals surface area contributed by atoms with E-state index in [-0.39, 0.29) is 17.2 Å². The summed E-state index contributed by atoms with van der Waals surface area (Å²) in [6.45, 7) is 2.81. The Hall–Kier alpha value is -2.45. The minimum absolute atomic E-state index is 0.0121. The zero-order chi connectivity index (χ0) is 17.8. The predicted molar refractivity (Wildman–Crippen MR) is 94.6 cm³/mol. The lowest BCUT2D eigenvalue weighted by Crippen LogP contribution is -2.46. The molecule has 136 valence electrons. The van der Waals surface area contributed by atoms with E-state index in [1.54, 1.807) is 31.0 Å². The highest BCUT2D eigenvalue weighted by atomic mass is 16.5. The Morgan fingerprint density at radius 2 is 1.96 bits per heavy atom. The predicted octanol–water partition coefficient (Wildman–Crippen LogP) is 1.22. The minimum atomic E-state index is -0.173. The zero-order valence-corrected chi connectivity index (χ0v) is 14.5. The molecule has 4 heterocycles. The summed E-state index contributed by atoms with van der Waals surface area (Å²) in [6, 6.07) is -0.173. The van der Waals surface area contributed by atoms with Crippen LogP contribution in [0, 0.1) is 5.41 Å².